The summed E-state index contributed by atoms with van der Waals surface area (Å²) in [4.78, 5) is 0. The van der Waals surface area contributed by atoms with Gasteiger partial charge in [0.15, 0.2) is 22.6 Å². The highest BCUT2D eigenvalue weighted by molar-refractivity contribution is 7.80. The van der Waals surface area contributed by atoms with E-state index in [0.717, 1.165) is 31.4 Å². The third-order valence-electron chi connectivity index (χ3n) is 3.71. The molecule has 0 bridgehead atoms. The van der Waals surface area contributed by atoms with Crippen molar-refractivity contribution in [1.29, 1.82) is 0 Å². The molecule has 0 heterocycles. The smallest absolute Gasteiger partial charge is 0.196 e. The van der Waals surface area contributed by atoms with E-state index in [0.29, 0.717) is 5.92 Å². The van der Waals surface area contributed by atoms with Crippen molar-refractivity contribution >= 4 is 23.0 Å². The molecule has 2 rings (SSSR count). The Bertz CT molecular complexity index is 507. The molecule has 0 saturated heterocycles. The number of benzene rings is 1. The van der Waals surface area contributed by atoms with Crippen molar-refractivity contribution in [2.24, 2.45) is 5.92 Å². The van der Waals surface area contributed by atoms with Gasteiger partial charge in [0, 0.05) is 6.04 Å². The Hall–Kier alpha value is -1.30. The number of anilines is 1. The lowest BCUT2D eigenvalue weighted by molar-refractivity contribution is 0.309. The summed E-state index contributed by atoms with van der Waals surface area (Å²) >= 11 is 5.10. The summed E-state index contributed by atoms with van der Waals surface area (Å²) < 4.78 is 39.5. The van der Waals surface area contributed by atoms with Crippen LogP contribution in [0.15, 0.2) is 12.1 Å². The molecule has 2 atom stereocenters. The highest BCUT2D eigenvalue weighted by atomic mass is 32.1. The van der Waals surface area contributed by atoms with Crippen molar-refractivity contribution in [3.05, 3.63) is 29.6 Å². The van der Waals surface area contributed by atoms with Crippen LogP contribution in [0.4, 0.5) is 18.9 Å². The molecular weight excluding hydrogens is 285 g/mol. The van der Waals surface area contributed by atoms with E-state index in [-0.39, 0.29) is 16.8 Å². The average molecular weight is 302 g/mol. The Labute approximate surface area is 121 Å². The Morgan fingerprint density at radius 2 is 1.85 bits per heavy atom. The summed E-state index contributed by atoms with van der Waals surface area (Å²) in [5, 5.41) is 5.93. The molecule has 1 aliphatic rings. The first-order valence-electron chi connectivity index (χ1n) is 6.70. The molecule has 1 saturated carbocycles. The summed E-state index contributed by atoms with van der Waals surface area (Å²) in [6.45, 7) is 2.14. The third-order valence-corrected chi connectivity index (χ3v) is 3.93. The Kier molecular flexibility index (Phi) is 4.86. The van der Waals surface area contributed by atoms with Crippen molar-refractivity contribution in [2.75, 3.05) is 5.32 Å². The molecule has 1 aromatic carbocycles. The van der Waals surface area contributed by atoms with Gasteiger partial charge in [-0.1, -0.05) is 19.8 Å². The van der Waals surface area contributed by atoms with Crippen molar-refractivity contribution in [3.8, 4) is 0 Å². The highest BCUT2D eigenvalue weighted by Crippen LogP contribution is 2.24. The van der Waals surface area contributed by atoms with Crippen molar-refractivity contribution in [1.82, 2.24) is 5.32 Å². The molecule has 6 heteroatoms. The molecule has 0 aromatic heterocycles. The van der Waals surface area contributed by atoms with E-state index in [1.165, 1.54) is 6.42 Å². The van der Waals surface area contributed by atoms with Gasteiger partial charge in [0.05, 0.1) is 5.69 Å². The van der Waals surface area contributed by atoms with Crippen LogP contribution in [0.2, 0.25) is 0 Å². The number of hydrogen-bond acceptors (Lipinski definition) is 1. The maximum absolute atomic E-state index is 13.5. The van der Waals surface area contributed by atoms with Crippen LogP contribution in [0, 0.1) is 23.4 Å². The molecule has 2 unspecified atom stereocenters. The Morgan fingerprint density at radius 1 is 1.15 bits per heavy atom. The van der Waals surface area contributed by atoms with Crippen molar-refractivity contribution < 1.29 is 13.2 Å². The summed E-state index contributed by atoms with van der Waals surface area (Å²) in [7, 11) is 0. The number of hydrogen-bond donors (Lipinski definition) is 2. The summed E-state index contributed by atoms with van der Waals surface area (Å²) in [5.41, 5.74) is -0.162. The van der Waals surface area contributed by atoms with Gasteiger partial charge in [-0.3, -0.25) is 0 Å². The molecule has 2 N–H and O–H groups in total. The molecule has 0 amide bonds. The molecule has 20 heavy (non-hydrogen) atoms. The minimum atomic E-state index is -1.50. The third kappa shape index (κ3) is 3.42. The molecular formula is C14H17F3N2S. The van der Waals surface area contributed by atoms with Crippen LogP contribution < -0.4 is 10.6 Å². The second-order valence-electron chi connectivity index (χ2n) is 5.19. The van der Waals surface area contributed by atoms with Crippen LogP contribution in [-0.4, -0.2) is 11.2 Å². The van der Waals surface area contributed by atoms with Gasteiger partial charge < -0.3 is 10.6 Å². The summed E-state index contributed by atoms with van der Waals surface area (Å²) in [5.74, 6) is -3.49. The van der Waals surface area contributed by atoms with E-state index in [9.17, 15) is 13.2 Å². The monoisotopic (exact) mass is 302 g/mol. The number of halogens is 3. The van der Waals surface area contributed by atoms with E-state index < -0.39 is 17.5 Å². The standard InChI is InChI=1S/C14H17F3N2S/c1-8-4-2-3-5-10(8)18-14(20)19-11-7-6-9(15)12(16)13(11)17/h6-8,10H,2-5H2,1H3,(H2,18,19,20). The van der Waals surface area contributed by atoms with Gasteiger partial charge in [-0.05, 0) is 43.1 Å². The first-order valence-corrected chi connectivity index (χ1v) is 7.11. The predicted octanol–water partition coefficient (Wildman–Crippen LogP) is 3.97. The number of thiocarbonyl (C=S) groups is 1. The second kappa shape index (κ2) is 6.43. The quantitative estimate of drug-likeness (QED) is 0.638. The highest BCUT2D eigenvalue weighted by Gasteiger charge is 2.22. The predicted molar refractivity (Wildman–Crippen MR) is 77.1 cm³/mol. The second-order valence-corrected chi connectivity index (χ2v) is 5.60. The van der Waals surface area contributed by atoms with Crippen LogP contribution in [0.1, 0.15) is 32.6 Å². The fourth-order valence-electron chi connectivity index (χ4n) is 2.48. The SMILES string of the molecule is CC1CCCCC1NC(=S)Nc1ccc(F)c(F)c1F. The molecule has 1 aliphatic carbocycles. The van der Waals surface area contributed by atoms with Crippen LogP contribution >= 0.6 is 12.2 Å². The van der Waals surface area contributed by atoms with Crippen LogP contribution in [0.25, 0.3) is 0 Å². The molecule has 2 nitrogen and oxygen atoms in total. The van der Waals surface area contributed by atoms with Crippen LogP contribution in [-0.2, 0) is 0 Å². The van der Waals surface area contributed by atoms with Crippen molar-refractivity contribution in [3.63, 3.8) is 0 Å². The van der Waals surface area contributed by atoms with E-state index in [1.54, 1.807) is 0 Å². The fourth-order valence-corrected chi connectivity index (χ4v) is 2.74. The van der Waals surface area contributed by atoms with Gasteiger partial charge >= 0.3 is 0 Å². The van der Waals surface area contributed by atoms with Gasteiger partial charge in [-0.2, -0.15) is 0 Å². The van der Waals surface area contributed by atoms with E-state index >= 15 is 0 Å². The van der Waals surface area contributed by atoms with Gasteiger partial charge in [-0.25, -0.2) is 13.2 Å². The van der Waals surface area contributed by atoms with E-state index in [2.05, 4.69) is 17.6 Å². The maximum Gasteiger partial charge on any atom is 0.196 e. The fraction of sp³-hybridized carbons (Fsp3) is 0.500. The lowest BCUT2D eigenvalue weighted by Crippen LogP contribution is -2.43. The lowest BCUT2D eigenvalue weighted by atomic mass is 9.86. The maximum atomic E-state index is 13.5. The zero-order valence-electron chi connectivity index (χ0n) is 11.2. The summed E-state index contributed by atoms with van der Waals surface area (Å²) in [6, 6.07) is 2.23. The molecule has 110 valence electrons. The lowest BCUT2D eigenvalue weighted by Gasteiger charge is -2.30. The molecule has 1 aromatic rings. The topological polar surface area (TPSA) is 24.1 Å². The van der Waals surface area contributed by atoms with Gasteiger partial charge in [0.25, 0.3) is 0 Å². The van der Waals surface area contributed by atoms with Gasteiger partial charge in [0.2, 0.25) is 0 Å². The van der Waals surface area contributed by atoms with Gasteiger partial charge in [-0.15, -0.1) is 0 Å². The molecule has 0 spiro atoms. The zero-order valence-corrected chi connectivity index (χ0v) is 12.0. The Balaban J connectivity index is 1.99. The van der Waals surface area contributed by atoms with Crippen LogP contribution in [0.5, 0.6) is 0 Å². The largest absolute Gasteiger partial charge is 0.359 e. The minimum Gasteiger partial charge on any atom is -0.359 e. The van der Waals surface area contributed by atoms with Crippen molar-refractivity contribution in [2.45, 2.75) is 38.6 Å². The summed E-state index contributed by atoms with van der Waals surface area (Å²) in [6.07, 6.45) is 4.46. The normalized spacial score (nSPS) is 22.4. The molecule has 0 radical (unpaired) electrons. The average Bonchev–Trinajstić information content (AvgIpc) is 2.42. The van der Waals surface area contributed by atoms with Crippen LogP contribution in [0.3, 0.4) is 0 Å². The Morgan fingerprint density at radius 3 is 2.55 bits per heavy atom. The minimum absolute atomic E-state index is 0.162. The van der Waals surface area contributed by atoms with E-state index in [4.69, 9.17) is 12.2 Å². The number of nitrogens with one attached hydrogen (secondary N) is 2. The number of rotatable bonds is 2. The van der Waals surface area contributed by atoms with E-state index in [1.807, 2.05) is 0 Å². The van der Waals surface area contributed by atoms with Gasteiger partial charge in [0.1, 0.15) is 0 Å². The first-order chi connectivity index (χ1) is 9.49. The molecule has 0 aliphatic heterocycles. The zero-order chi connectivity index (χ0) is 14.7. The first kappa shape index (κ1) is 15.1. The molecule has 1 fully saturated rings.